The van der Waals surface area contributed by atoms with Crippen LogP contribution in [0.5, 0.6) is 0 Å². The van der Waals surface area contributed by atoms with Crippen molar-refractivity contribution in [3.8, 4) is 0 Å². The van der Waals surface area contributed by atoms with Crippen molar-refractivity contribution in [2.24, 2.45) is 4.99 Å². The molecule has 29 heavy (non-hydrogen) atoms. The van der Waals surface area contributed by atoms with Crippen molar-refractivity contribution >= 4 is 17.6 Å². The number of aromatic nitrogens is 1. The fraction of sp³-hybridized carbons (Fsp3) is 0.208. The predicted molar refractivity (Wildman–Crippen MR) is 118 cm³/mol. The van der Waals surface area contributed by atoms with Crippen LogP contribution in [0.25, 0.3) is 0 Å². The Morgan fingerprint density at radius 1 is 0.931 bits per heavy atom. The topological polar surface area (TPSA) is 66.4 Å². The first-order chi connectivity index (χ1) is 13.9. The van der Waals surface area contributed by atoms with Crippen LogP contribution in [-0.2, 0) is 6.54 Å². The normalized spacial score (nSPS) is 11.2. The fourth-order valence-corrected chi connectivity index (χ4v) is 3.01. The third-order valence-corrected chi connectivity index (χ3v) is 4.61. The van der Waals surface area contributed by atoms with Crippen molar-refractivity contribution in [3.63, 3.8) is 0 Å². The summed E-state index contributed by atoms with van der Waals surface area (Å²) in [6.07, 6.45) is 1.73. The van der Waals surface area contributed by atoms with Crippen LogP contribution in [0, 0.1) is 27.7 Å². The Labute approximate surface area is 171 Å². The average Bonchev–Trinajstić information content (AvgIpc) is 2.68. The lowest BCUT2D eigenvalue weighted by atomic mass is 10.1. The lowest BCUT2D eigenvalue weighted by molar-refractivity contribution is 0.0977. The Hall–Kier alpha value is -3.47. The van der Waals surface area contributed by atoms with Crippen LogP contribution in [0.2, 0.25) is 0 Å². The number of aryl methyl sites for hydroxylation is 4. The molecule has 0 atom stereocenters. The lowest BCUT2D eigenvalue weighted by Gasteiger charge is -2.13. The molecule has 1 heterocycles. The molecule has 0 saturated heterocycles. The van der Waals surface area contributed by atoms with Gasteiger partial charge in [-0.25, -0.2) is 4.99 Å². The van der Waals surface area contributed by atoms with Crippen LogP contribution < -0.4 is 10.6 Å². The number of carbonyl (C=O) groups excluding carboxylic acids is 1. The fourth-order valence-electron chi connectivity index (χ4n) is 3.01. The number of amides is 1. The van der Waals surface area contributed by atoms with Crippen LogP contribution in [-0.4, -0.2) is 16.9 Å². The van der Waals surface area contributed by atoms with E-state index in [1.807, 2.05) is 76.2 Å². The van der Waals surface area contributed by atoms with Crippen molar-refractivity contribution in [1.82, 2.24) is 10.3 Å². The first-order valence-corrected chi connectivity index (χ1v) is 9.59. The molecule has 3 aromatic rings. The lowest BCUT2D eigenvalue weighted by Crippen LogP contribution is -2.36. The van der Waals surface area contributed by atoms with E-state index < -0.39 is 0 Å². The minimum atomic E-state index is -0.204. The molecule has 1 amide bonds. The standard InChI is InChI=1S/C24H26N4O/c1-16-11-17(2)13-22(12-16)27-24(26-15-21-7-5-6-10-25-21)28-23(29)20-9-8-18(3)19(4)14-20/h5-14H,15H2,1-4H3,(H2,26,27,28,29). The summed E-state index contributed by atoms with van der Waals surface area (Å²) in [7, 11) is 0. The van der Waals surface area contributed by atoms with Gasteiger partial charge in [0.1, 0.15) is 0 Å². The summed E-state index contributed by atoms with van der Waals surface area (Å²) in [4.78, 5) is 21.7. The highest BCUT2D eigenvalue weighted by atomic mass is 16.1. The molecular formula is C24H26N4O. The summed E-state index contributed by atoms with van der Waals surface area (Å²) in [5.41, 5.74) is 6.80. The minimum absolute atomic E-state index is 0.204. The van der Waals surface area contributed by atoms with E-state index in [1.165, 1.54) is 0 Å². The molecule has 148 valence electrons. The van der Waals surface area contributed by atoms with E-state index in [0.29, 0.717) is 18.1 Å². The predicted octanol–water partition coefficient (Wildman–Crippen LogP) is 4.71. The Bertz CT molecular complexity index is 1020. The summed E-state index contributed by atoms with van der Waals surface area (Å²) in [5.74, 6) is 0.189. The zero-order chi connectivity index (χ0) is 20.8. The summed E-state index contributed by atoms with van der Waals surface area (Å²) in [6, 6.07) is 17.5. The number of nitrogens with one attached hydrogen (secondary N) is 2. The number of hydrogen-bond acceptors (Lipinski definition) is 3. The molecule has 2 aromatic carbocycles. The van der Waals surface area contributed by atoms with Gasteiger partial charge < -0.3 is 5.32 Å². The second-order valence-electron chi connectivity index (χ2n) is 7.24. The van der Waals surface area contributed by atoms with Gasteiger partial charge >= 0.3 is 0 Å². The molecule has 0 fully saturated rings. The quantitative estimate of drug-likeness (QED) is 0.504. The van der Waals surface area contributed by atoms with Gasteiger partial charge in [-0.2, -0.15) is 0 Å². The molecule has 1 aromatic heterocycles. The SMILES string of the molecule is Cc1cc(C)cc(NC(=NCc2ccccn2)NC(=O)c2ccc(C)c(C)c2)c1. The van der Waals surface area contributed by atoms with Crippen LogP contribution >= 0.6 is 0 Å². The molecule has 0 aliphatic heterocycles. The molecule has 2 N–H and O–H groups in total. The number of benzene rings is 2. The number of rotatable bonds is 4. The van der Waals surface area contributed by atoms with Gasteiger partial charge in [0.15, 0.2) is 0 Å². The highest BCUT2D eigenvalue weighted by molar-refractivity contribution is 6.10. The van der Waals surface area contributed by atoms with E-state index in [-0.39, 0.29) is 5.91 Å². The van der Waals surface area contributed by atoms with Crippen LogP contribution in [0.15, 0.2) is 65.8 Å². The van der Waals surface area contributed by atoms with Gasteiger partial charge in [0, 0.05) is 17.4 Å². The van der Waals surface area contributed by atoms with Crippen molar-refractivity contribution in [3.05, 3.63) is 94.3 Å². The van der Waals surface area contributed by atoms with Gasteiger partial charge in [-0.1, -0.05) is 18.2 Å². The summed E-state index contributed by atoms with van der Waals surface area (Å²) in [5, 5.41) is 6.16. The highest BCUT2D eigenvalue weighted by Crippen LogP contribution is 2.14. The molecule has 3 rings (SSSR count). The van der Waals surface area contributed by atoms with Crippen molar-refractivity contribution < 1.29 is 4.79 Å². The number of pyridine rings is 1. The Balaban J connectivity index is 1.84. The zero-order valence-corrected chi connectivity index (χ0v) is 17.3. The smallest absolute Gasteiger partial charge is 0.257 e. The first-order valence-electron chi connectivity index (χ1n) is 9.59. The monoisotopic (exact) mass is 386 g/mol. The van der Waals surface area contributed by atoms with E-state index in [9.17, 15) is 4.79 Å². The summed E-state index contributed by atoms with van der Waals surface area (Å²) >= 11 is 0. The summed E-state index contributed by atoms with van der Waals surface area (Å²) in [6.45, 7) is 8.46. The maximum absolute atomic E-state index is 12.8. The third-order valence-electron chi connectivity index (χ3n) is 4.61. The maximum atomic E-state index is 12.8. The van der Waals surface area contributed by atoms with Crippen molar-refractivity contribution in [1.29, 1.82) is 0 Å². The van der Waals surface area contributed by atoms with E-state index in [1.54, 1.807) is 6.20 Å². The summed E-state index contributed by atoms with van der Waals surface area (Å²) < 4.78 is 0. The first kappa shape index (κ1) is 20.3. The van der Waals surface area contributed by atoms with Gasteiger partial charge in [0.2, 0.25) is 5.96 Å². The molecule has 0 bridgehead atoms. The number of aliphatic imine (C=N–C) groups is 1. The molecule has 0 aliphatic rings. The van der Waals surface area contributed by atoms with Gasteiger partial charge in [0.05, 0.1) is 12.2 Å². The molecular weight excluding hydrogens is 360 g/mol. The minimum Gasteiger partial charge on any atom is -0.326 e. The largest absolute Gasteiger partial charge is 0.326 e. The highest BCUT2D eigenvalue weighted by Gasteiger charge is 2.11. The second kappa shape index (κ2) is 9.15. The van der Waals surface area contributed by atoms with E-state index >= 15 is 0 Å². The number of carbonyl (C=O) groups is 1. The third kappa shape index (κ3) is 5.75. The van der Waals surface area contributed by atoms with E-state index in [0.717, 1.165) is 33.6 Å². The Kier molecular flexibility index (Phi) is 6.39. The number of nitrogens with zero attached hydrogens (tertiary/aromatic N) is 2. The second-order valence-corrected chi connectivity index (χ2v) is 7.24. The molecule has 0 unspecified atom stereocenters. The number of hydrogen-bond donors (Lipinski definition) is 2. The van der Waals surface area contributed by atoms with E-state index in [2.05, 4.69) is 26.7 Å². The van der Waals surface area contributed by atoms with Gasteiger partial charge in [-0.3, -0.25) is 15.1 Å². The maximum Gasteiger partial charge on any atom is 0.257 e. The van der Waals surface area contributed by atoms with Crippen LogP contribution in [0.3, 0.4) is 0 Å². The van der Waals surface area contributed by atoms with Gasteiger partial charge in [-0.15, -0.1) is 0 Å². The Morgan fingerprint density at radius 3 is 2.34 bits per heavy atom. The van der Waals surface area contributed by atoms with Gasteiger partial charge in [-0.05, 0) is 86.3 Å². The zero-order valence-electron chi connectivity index (χ0n) is 17.3. The van der Waals surface area contributed by atoms with Crippen molar-refractivity contribution in [2.75, 3.05) is 5.32 Å². The molecule has 5 heteroatoms. The molecule has 5 nitrogen and oxygen atoms in total. The molecule has 0 aliphatic carbocycles. The molecule has 0 spiro atoms. The molecule has 0 radical (unpaired) electrons. The number of anilines is 1. The van der Waals surface area contributed by atoms with E-state index in [4.69, 9.17) is 0 Å². The Morgan fingerprint density at radius 2 is 1.69 bits per heavy atom. The molecule has 0 saturated carbocycles. The van der Waals surface area contributed by atoms with Crippen molar-refractivity contribution in [2.45, 2.75) is 34.2 Å². The van der Waals surface area contributed by atoms with Gasteiger partial charge in [0.25, 0.3) is 5.91 Å². The number of guanidine groups is 1. The van der Waals surface area contributed by atoms with Crippen LogP contribution in [0.1, 0.15) is 38.3 Å². The average molecular weight is 386 g/mol. The van der Waals surface area contributed by atoms with Crippen LogP contribution in [0.4, 0.5) is 5.69 Å².